The van der Waals surface area contributed by atoms with Crippen molar-refractivity contribution in [1.29, 1.82) is 0 Å². The molecule has 0 N–H and O–H groups in total. The highest BCUT2D eigenvalue weighted by Gasteiger charge is 2.54. The van der Waals surface area contributed by atoms with Gasteiger partial charge in [-0.15, -0.1) is 0 Å². The van der Waals surface area contributed by atoms with Crippen molar-refractivity contribution in [2.45, 2.75) is 59.3 Å². The van der Waals surface area contributed by atoms with Crippen LogP contribution in [0.1, 0.15) is 59.3 Å². The van der Waals surface area contributed by atoms with Gasteiger partial charge in [0.25, 0.3) is 0 Å². The molecular weight excluding hydrogens is 312 g/mol. The molecule has 136 valence electrons. The van der Waals surface area contributed by atoms with E-state index in [4.69, 9.17) is 4.74 Å². The summed E-state index contributed by atoms with van der Waals surface area (Å²) in [5, 5.41) is 0. The quantitative estimate of drug-likeness (QED) is 0.547. The van der Waals surface area contributed by atoms with Crippen molar-refractivity contribution in [2.75, 3.05) is 7.11 Å². The number of Topliss-reactive ketones (excluding diaryl/α,β-unsaturated/α-hetero) is 1. The number of methoxy groups -OCH3 is 1. The Morgan fingerprint density at radius 2 is 1.96 bits per heavy atom. The van der Waals surface area contributed by atoms with Crippen LogP contribution in [-0.4, -0.2) is 18.7 Å². The van der Waals surface area contributed by atoms with Crippen LogP contribution in [0.15, 0.2) is 35.6 Å². The fourth-order valence-electron chi connectivity index (χ4n) is 5.59. The van der Waals surface area contributed by atoms with Gasteiger partial charge in [-0.2, -0.15) is 0 Å². The van der Waals surface area contributed by atoms with E-state index in [-0.39, 0.29) is 28.2 Å². The summed E-state index contributed by atoms with van der Waals surface area (Å²) < 4.78 is 5.13. The summed E-state index contributed by atoms with van der Waals surface area (Å²) in [5.41, 5.74) is 2.13. The Morgan fingerprint density at radius 1 is 1.24 bits per heavy atom. The highest BCUT2D eigenvalue weighted by Crippen LogP contribution is 2.63. The van der Waals surface area contributed by atoms with Gasteiger partial charge in [0.2, 0.25) is 5.78 Å². The predicted octanol–water partition coefficient (Wildman–Crippen LogP) is 4.78. The van der Waals surface area contributed by atoms with E-state index in [1.165, 1.54) is 44.1 Å². The molecule has 0 radical (unpaired) electrons. The molecule has 0 spiro atoms. The molecule has 25 heavy (non-hydrogen) atoms. The van der Waals surface area contributed by atoms with Gasteiger partial charge in [-0.1, -0.05) is 32.9 Å². The minimum atomic E-state index is -0.144. The Balaban J connectivity index is 1.95. The first-order valence-corrected chi connectivity index (χ1v) is 9.45. The molecule has 2 saturated carbocycles. The molecule has 3 aliphatic carbocycles. The normalized spacial score (nSPS) is 38.8. The fraction of sp³-hybridized carbons (Fsp3) is 0.636. The Morgan fingerprint density at radius 3 is 2.64 bits per heavy atom. The lowest BCUT2D eigenvalue weighted by Crippen LogP contribution is -2.50. The number of hydrogen-bond acceptors (Lipinski definition) is 3. The smallest absolute Gasteiger partial charge is 0.223 e. The predicted molar refractivity (Wildman–Crippen MR) is 98.9 cm³/mol. The molecule has 3 rings (SSSR count). The molecular formula is C22H30O3. The first-order valence-electron chi connectivity index (χ1n) is 9.45. The zero-order valence-corrected chi connectivity index (χ0v) is 16.0. The monoisotopic (exact) mass is 342 g/mol. The minimum Gasteiger partial charge on any atom is -0.493 e. The molecule has 0 aromatic rings. The van der Waals surface area contributed by atoms with E-state index in [9.17, 15) is 9.59 Å². The van der Waals surface area contributed by atoms with Crippen molar-refractivity contribution in [2.24, 2.45) is 22.7 Å². The lowest BCUT2D eigenvalue weighted by molar-refractivity contribution is -0.118. The lowest BCUT2D eigenvalue weighted by atomic mass is 9.46. The number of fused-ring (bicyclic) bond motifs is 1. The highest BCUT2D eigenvalue weighted by atomic mass is 16.5. The van der Waals surface area contributed by atoms with Gasteiger partial charge in [-0.05, 0) is 67.3 Å². The van der Waals surface area contributed by atoms with E-state index in [0.717, 1.165) is 12.8 Å². The molecule has 0 heterocycles. The highest BCUT2D eigenvalue weighted by molar-refractivity contribution is 6.19. The zero-order valence-electron chi connectivity index (χ0n) is 16.0. The van der Waals surface area contributed by atoms with E-state index in [0.29, 0.717) is 23.8 Å². The van der Waals surface area contributed by atoms with Gasteiger partial charge < -0.3 is 4.74 Å². The molecule has 0 bridgehead atoms. The number of allylic oxidation sites excluding steroid dienone is 4. The minimum absolute atomic E-state index is 0.00563. The molecule has 0 aliphatic heterocycles. The fourth-order valence-corrected chi connectivity index (χ4v) is 5.59. The van der Waals surface area contributed by atoms with Crippen molar-refractivity contribution in [1.82, 2.24) is 0 Å². The molecule has 0 unspecified atom stereocenters. The third kappa shape index (κ3) is 2.82. The largest absolute Gasteiger partial charge is 0.493 e. The molecule has 0 aromatic carbocycles. The molecule has 0 saturated heterocycles. The third-order valence-electron chi connectivity index (χ3n) is 7.46. The summed E-state index contributed by atoms with van der Waals surface area (Å²) in [6, 6.07) is 0. The Kier molecular flexibility index (Phi) is 4.55. The second kappa shape index (κ2) is 6.26. The number of carbonyl (C=O) groups is 2. The van der Waals surface area contributed by atoms with Crippen molar-refractivity contribution in [3.63, 3.8) is 0 Å². The zero-order chi connectivity index (χ0) is 18.4. The second-order valence-corrected chi connectivity index (χ2v) is 8.70. The van der Waals surface area contributed by atoms with Crippen LogP contribution in [0.25, 0.3) is 0 Å². The van der Waals surface area contributed by atoms with E-state index < -0.39 is 0 Å². The van der Waals surface area contributed by atoms with Crippen molar-refractivity contribution in [3.05, 3.63) is 35.6 Å². The van der Waals surface area contributed by atoms with Crippen LogP contribution in [0.5, 0.6) is 0 Å². The number of carbonyl (C=O) groups excluding carboxylic acids is 2. The maximum absolute atomic E-state index is 12.7. The van der Waals surface area contributed by atoms with Gasteiger partial charge in [0.05, 0.1) is 7.11 Å². The van der Waals surface area contributed by atoms with Crippen molar-refractivity contribution >= 4 is 11.6 Å². The summed E-state index contributed by atoms with van der Waals surface area (Å²) >= 11 is 0. The number of hydrogen-bond donors (Lipinski definition) is 0. The number of rotatable bonds is 3. The maximum Gasteiger partial charge on any atom is 0.223 e. The maximum atomic E-state index is 12.7. The summed E-state index contributed by atoms with van der Waals surface area (Å²) in [4.78, 5) is 24.7. The molecule has 3 heteroatoms. The van der Waals surface area contributed by atoms with Crippen LogP contribution < -0.4 is 0 Å². The molecule has 4 atom stereocenters. The topological polar surface area (TPSA) is 43.4 Å². The molecule has 3 nitrogen and oxygen atoms in total. The lowest BCUT2D eigenvalue weighted by Gasteiger charge is -2.59. The van der Waals surface area contributed by atoms with Crippen molar-refractivity contribution in [3.8, 4) is 0 Å². The van der Waals surface area contributed by atoms with Crippen LogP contribution in [0.2, 0.25) is 0 Å². The molecule has 2 fully saturated rings. The van der Waals surface area contributed by atoms with Crippen LogP contribution in [0.4, 0.5) is 0 Å². The average Bonchev–Trinajstić information content (AvgIpc) is 2.57. The Bertz CT molecular complexity index is 683. The second-order valence-electron chi connectivity index (χ2n) is 8.70. The summed E-state index contributed by atoms with van der Waals surface area (Å²) in [6.07, 6.45) is 9.27. The van der Waals surface area contributed by atoms with Gasteiger partial charge in [-0.25, -0.2) is 0 Å². The van der Waals surface area contributed by atoms with Crippen LogP contribution >= 0.6 is 0 Å². The van der Waals surface area contributed by atoms with Gasteiger partial charge in [0, 0.05) is 11.6 Å². The standard InChI is InChI=1S/C22H30O3/c1-14-7-6-8-19-21(14,3)10-9-15(2)22(19,4)13-16-11-17(23)12-18(25-5)20(16)24/h11-12,15,19H,1,6-10,13H2,2-5H3/t15-,19+,21+,22+/m0/s1. The van der Waals surface area contributed by atoms with E-state index >= 15 is 0 Å². The van der Waals surface area contributed by atoms with Gasteiger partial charge >= 0.3 is 0 Å². The molecule has 0 amide bonds. The molecule has 3 aliphatic rings. The Hall–Kier alpha value is -1.64. The number of ether oxygens (including phenoxy) is 1. The van der Waals surface area contributed by atoms with Gasteiger partial charge in [-0.3, -0.25) is 9.59 Å². The van der Waals surface area contributed by atoms with E-state index in [1.54, 1.807) is 0 Å². The summed E-state index contributed by atoms with van der Waals surface area (Å²) in [7, 11) is 1.45. The average molecular weight is 342 g/mol. The first-order chi connectivity index (χ1) is 11.7. The SMILES string of the molecule is C=C1CCC[C@H]2[C@](C)(CC3=CC(=O)C=C(OC)C3=O)[C@@H](C)CC[C@]12C. The van der Waals surface area contributed by atoms with Crippen LogP contribution in [0.3, 0.4) is 0 Å². The first kappa shape index (κ1) is 18.2. The molecule has 0 aromatic heterocycles. The van der Waals surface area contributed by atoms with Crippen LogP contribution in [-0.2, 0) is 14.3 Å². The van der Waals surface area contributed by atoms with Gasteiger partial charge in [0.15, 0.2) is 11.5 Å². The summed E-state index contributed by atoms with van der Waals surface area (Å²) in [6.45, 7) is 11.4. The van der Waals surface area contributed by atoms with E-state index in [2.05, 4.69) is 27.4 Å². The van der Waals surface area contributed by atoms with E-state index in [1.807, 2.05) is 0 Å². The van der Waals surface area contributed by atoms with Gasteiger partial charge in [0.1, 0.15) is 0 Å². The van der Waals surface area contributed by atoms with Crippen LogP contribution in [0, 0.1) is 22.7 Å². The number of ketones is 2. The van der Waals surface area contributed by atoms with Crippen molar-refractivity contribution < 1.29 is 14.3 Å². The third-order valence-corrected chi connectivity index (χ3v) is 7.46. The summed E-state index contributed by atoms with van der Waals surface area (Å²) in [5.74, 6) is 0.917. The Labute approximate surface area is 151 Å².